The number of nitrogens with zero attached hydrogens (tertiary/aromatic N) is 5. The third-order valence-electron chi connectivity index (χ3n) is 6.00. The van der Waals surface area contributed by atoms with Crippen molar-refractivity contribution in [2.45, 2.75) is 32.6 Å². The highest BCUT2D eigenvalue weighted by Crippen LogP contribution is 2.37. The summed E-state index contributed by atoms with van der Waals surface area (Å²) in [7, 11) is 7.86. The lowest BCUT2D eigenvalue weighted by atomic mass is 9.81. The quantitative estimate of drug-likeness (QED) is 0.498. The maximum atomic E-state index is 12.4. The van der Waals surface area contributed by atoms with Crippen LogP contribution in [0, 0.1) is 11.8 Å². The van der Waals surface area contributed by atoms with Gasteiger partial charge in [-0.2, -0.15) is 0 Å². The van der Waals surface area contributed by atoms with Gasteiger partial charge in [-0.25, -0.2) is 0 Å². The molecule has 3 aromatic rings. The van der Waals surface area contributed by atoms with Crippen molar-refractivity contribution in [3.05, 3.63) is 47.5 Å². The molecule has 0 spiro atoms. The molecule has 1 atom stereocenters. The Hall–Kier alpha value is -2.97. The highest BCUT2D eigenvalue weighted by atomic mass is 16.4. The fourth-order valence-electron chi connectivity index (χ4n) is 4.45. The molecule has 1 aromatic heterocycles. The fraction of sp³-hybridized carbons (Fsp3) is 0.500. The molecule has 1 heterocycles. The maximum Gasteiger partial charge on any atom is 0.307 e. The van der Waals surface area contributed by atoms with Crippen molar-refractivity contribution in [3.8, 4) is 11.4 Å². The number of phenolic OH excluding ortho intramolecular Hbond substituents is 1. The lowest BCUT2D eigenvalue weighted by Crippen LogP contribution is -2.39. The zero-order chi connectivity index (χ0) is 25.2. The predicted molar refractivity (Wildman–Crippen MR) is 135 cm³/mol. The molecular weight excluding hydrogens is 430 g/mol. The Kier molecular flexibility index (Phi) is 7.63. The Balaban J connectivity index is 2.10. The van der Waals surface area contributed by atoms with Crippen LogP contribution >= 0.6 is 0 Å². The van der Waals surface area contributed by atoms with Gasteiger partial charge in [0.15, 0.2) is 0 Å². The van der Waals surface area contributed by atoms with Crippen molar-refractivity contribution in [3.63, 3.8) is 0 Å². The molecule has 184 valence electrons. The first-order valence-electron chi connectivity index (χ1n) is 11.6. The largest absolute Gasteiger partial charge is 0.505 e. The molecule has 3 rings (SSSR count). The average Bonchev–Trinajstić information content (AvgIpc) is 3.14. The van der Waals surface area contributed by atoms with E-state index in [0.29, 0.717) is 25.2 Å². The summed E-state index contributed by atoms with van der Waals surface area (Å²) in [6, 6.07) is 11.3. The minimum atomic E-state index is -0.816. The summed E-state index contributed by atoms with van der Waals surface area (Å²) in [5.41, 5.74) is 3.14. The van der Waals surface area contributed by atoms with Crippen molar-refractivity contribution in [1.82, 2.24) is 24.8 Å². The number of phenols is 1. The molecule has 0 fully saturated rings. The average molecular weight is 468 g/mol. The zero-order valence-corrected chi connectivity index (χ0v) is 21.3. The molecule has 0 saturated carbocycles. The zero-order valence-electron chi connectivity index (χ0n) is 21.3. The maximum absolute atomic E-state index is 12.4. The Labute approximate surface area is 201 Å². The number of aliphatic carboxylic acids is 1. The van der Waals surface area contributed by atoms with Gasteiger partial charge in [-0.1, -0.05) is 39.0 Å². The van der Waals surface area contributed by atoms with Crippen molar-refractivity contribution >= 4 is 17.0 Å². The number of hydrogen-bond donors (Lipinski definition) is 2. The fourth-order valence-corrected chi connectivity index (χ4v) is 4.45. The molecule has 8 heteroatoms. The lowest BCUT2D eigenvalue weighted by Gasteiger charge is -2.30. The Bertz CT molecular complexity index is 1100. The number of fused-ring (bicyclic) bond motifs is 1. The smallest absolute Gasteiger partial charge is 0.307 e. The van der Waals surface area contributed by atoms with Crippen LogP contribution in [0.5, 0.6) is 5.75 Å². The number of aromatic hydroxyl groups is 1. The van der Waals surface area contributed by atoms with Crippen LogP contribution in [0.3, 0.4) is 0 Å². The molecular formula is C26H37N5O3. The Morgan fingerprint density at radius 1 is 1.00 bits per heavy atom. The molecule has 1 unspecified atom stereocenters. The third kappa shape index (κ3) is 5.93. The van der Waals surface area contributed by atoms with E-state index in [1.807, 2.05) is 95.2 Å². The van der Waals surface area contributed by atoms with Gasteiger partial charge in [0.05, 0.1) is 5.92 Å². The summed E-state index contributed by atoms with van der Waals surface area (Å²) in [5, 5.41) is 30.5. The second kappa shape index (κ2) is 10.1. The van der Waals surface area contributed by atoms with E-state index in [-0.39, 0.29) is 17.1 Å². The number of carboxylic acids is 1. The number of aromatic nitrogens is 3. The second-order valence-electron chi connectivity index (χ2n) is 10.7. The van der Waals surface area contributed by atoms with E-state index in [4.69, 9.17) is 0 Å². The summed E-state index contributed by atoms with van der Waals surface area (Å²) >= 11 is 0. The summed E-state index contributed by atoms with van der Waals surface area (Å²) < 4.78 is 0. The van der Waals surface area contributed by atoms with Gasteiger partial charge in [0.1, 0.15) is 22.5 Å². The van der Waals surface area contributed by atoms with Crippen LogP contribution in [0.4, 0.5) is 0 Å². The van der Waals surface area contributed by atoms with Gasteiger partial charge in [0, 0.05) is 18.7 Å². The van der Waals surface area contributed by atoms with Gasteiger partial charge < -0.3 is 20.0 Å². The number of carboxylic acid groups (broad SMARTS) is 1. The normalized spacial score (nSPS) is 13.4. The summed E-state index contributed by atoms with van der Waals surface area (Å²) in [5.74, 6) is -1.35. The van der Waals surface area contributed by atoms with Crippen molar-refractivity contribution in [1.29, 1.82) is 0 Å². The van der Waals surface area contributed by atoms with Crippen LogP contribution < -0.4 is 0 Å². The van der Waals surface area contributed by atoms with Gasteiger partial charge in [-0.05, 0) is 69.7 Å². The first kappa shape index (κ1) is 25.6. The number of hydrogen-bond acceptors (Lipinski definition) is 6. The summed E-state index contributed by atoms with van der Waals surface area (Å²) in [6.07, 6.45) is 0.346. The van der Waals surface area contributed by atoms with Crippen LogP contribution in [-0.4, -0.2) is 82.3 Å². The minimum Gasteiger partial charge on any atom is -0.505 e. The molecule has 2 N–H and O–H groups in total. The molecule has 8 nitrogen and oxygen atoms in total. The van der Waals surface area contributed by atoms with Crippen LogP contribution in [0.1, 0.15) is 31.9 Å². The molecule has 0 aliphatic carbocycles. The molecule has 0 aliphatic heterocycles. The van der Waals surface area contributed by atoms with Crippen LogP contribution in [0.2, 0.25) is 0 Å². The SMILES string of the molecule is CN(C)CC(CN(C)C)C(Cc1cc(-n2nc3ccccc3n2)c(O)c(C(C)(C)C)c1)C(=O)O. The van der Waals surface area contributed by atoms with E-state index in [1.54, 1.807) is 0 Å². The number of carbonyl (C=O) groups is 1. The second-order valence-corrected chi connectivity index (χ2v) is 10.7. The lowest BCUT2D eigenvalue weighted by molar-refractivity contribution is -0.144. The minimum absolute atomic E-state index is 0.0664. The Morgan fingerprint density at radius 3 is 1.97 bits per heavy atom. The van der Waals surface area contributed by atoms with Crippen molar-refractivity contribution in [2.75, 3.05) is 41.3 Å². The standard InChI is InChI=1S/C26H37N5O3/c1-26(2,3)20-13-17(12-19(25(33)34)18(15-29(4)5)16-30(6)7)14-23(24(20)32)31-27-21-10-8-9-11-22(21)28-31/h8-11,13-14,18-19,32H,12,15-16H2,1-7H3,(H,33,34). The molecule has 0 saturated heterocycles. The van der Waals surface area contributed by atoms with E-state index in [1.165, 1.54) is 4.80 Å². The van der Waals surface area contributed by atoms with Gasteiger partial charge in [-0.3, -0.25) is 4.79 Å². The van der Waals surface area contributed by atoms with Crippen molar-refractivity contribution in [2.24, 2.45) is 11.8 Å². The first-order valence-corrected chi connectivity index (χ1v) is 11.6. The highest BCUT2D eigenvalue weighted by Gasteiger charge is 2.31. The Morgan fingerprint density at radius 2 is 1.53 bits per heavy atom. The monoisotopic (exact) mass is 467 g/mol. The first-order chi connectivity index (χ1) is 15.9. The van der Waals surface area contributed by atoms with E-state index >= 15 is 0 Å². The predicted octanol–water partition coefficient (Wildman–Crippen LogP) is 3.41. The van der Waals surface area contributed by atoms with E-state index in [2.05, 4.69) is 10.2 Å². The van der Waals surface area contributed by atoms with Crippen LogP contribution in [0.25, 0.3) is 16.7 Å². The summed E-state index contributed by atoms with van der Waals surface area (Å²) in [6.45, 7) is 7.41. The molecule has 0 aliphatic rings. The van der Waals surface area contributed by atoms with Gasteiger partial charge in [-0.15, -0.1) is 15.0 Å². The van der Waals surface area contributed by atoms with Crippen LogP contribution in [0.15, 0.2) is 36.4 Å². The molecule has 0 bridgehead atoms. The van der Waals surface area contributed by atoms with E-state index < -0.39 is 11.9 Å². The third-order valence-corrected chi connectivity index (χ3v) is 6.00. The van der Waals surface area contributed by atoms with Crippen LogP contribution in [-0.2, 0) is 16.6 Å². The van der Waals surface area contributed by atoms with Gasteiger partial charge in [0.25, 0.3) is 0 Å². The summed E-state index contributed by atoms with van der Waals surface area (Å²) in [4.78, 5) is 17.9. The number of rotatable bonds is 9. The van der Waals surface area contributed by atoms with Gasteiger partial charge >= 0.3 is 5.97 Å². The number of benzene rings is 2. The molecule has 34 heavy (non-hydrogen) atoms. The van der Waals surface area contributed by atoms with E-state index in [0.717, 1.165) is 22.2 Å². The highest BCUT2D eigenvalue weighted by molar-refractivity contribution is 5.74. The molecule has 2 aromatic carbocycles. The van der Waals surface area contributed by atoms with Gasteiger partial charge in [0.2, 0.25) is 0 Å². The molecule has 0 radical (unpaired) electrons. The van der Waals surface area contributed by atoms with Crippen molar-refractivity contribution < 1.29 is 15.0 Å². The van der Waals surface area contributed by atoms with E-state index in [9.17, 15) is 15.0 Å². The topological polar surface area (TPSA) is 94.7 Å². The molecule has 0 amide bonds.